The van der Waals surface area contributed by atoms with E-state index in [0.29, 0.717) is 23.8 Å². The molecular weight excluding hydrogens is 258 g/mol. The molecule has 2 aromatic carbocycles. The molecule has 0 unspecified atom stereocenters. The van der Waals surface area contributed by atoms with E-state index in [1.54, 1.807) is 0 Å². The molecule has 2 rings (SSSR count). The van der Waals surface area contributed by atoms with Crippen molar-refractivity contribution in [3.63, 3.8) is 0 Å². The largest absolute Gasteiger partial charge is 0.488 e. The first kappa shape index (κ1) is 15.1. The molecule has 2 aromatic rings. The summed E-state index contributed by atoms with van der Waals surface area (Å²) in [5.41, 5.74) is 4.07. The van der Waals surface area contributed by atoms with Crippen molar-refractivity contribution in [2.45, 2.75) is 33.8 Å². The Morgan fingerprint density at radius 2 is 1.81 bits per heavy atom. The molecule has 0 N–H and O–H groups in total. The highest BCUT2D eigenvalue weighted by atomic mass is 16.5. The number of aryl methyl sites for hydroxylation is 1. The van der Waals surface area contributed by atoms with Crippen LogP contribution in [0.5, 0.6) is 5.75 Å². The zero-order chi connectivity index (χ0) is 15.2. The van der Waals surface area contributed by atoms with Crippen LogP contribution < -0.4 is 4.74 Å². The van der Waals surface area contributed by atoms with Crippen molar-refractivity contribution in [2.75, 3.05) is 0 Å². The molecule has 2 heteroatoms. The Hall–Kier alpha value is -2.27. The van der Waals surface area contributed by atoms with Gasteiger partial charge in [-0.25, -0.2) is 0 Å². The molecule has 0 fully saturated rings. The van der Waals surface area contributed by atoms with E-state index in [-0.39, 0.29) is 0 Å². The molecule has 21 heavy (non-hydrogen) atoms. The van der Waals surface area contributed by atoms with E-state index in [1.807, 2.05) is 18.2 Å². The summed E-state index contributed by atoms with van der Waals surface area (Å²) in [6, 6.07) is 16.4. The van der Waals surface area contributed by atoms with Crippen LogP contribution in [0.3, 0.4) is 0 Å². The van der Waals surface area contributed by atoms with Crippen LogP contribution in [0.4, 0.5) is 0 Å². The Morgan fingerprint density at radius 3 is 2.43 bits per heavy atom. The van der Waals surface area contributed by atoms with Crippen LogP contribution in [0.2, 0.25) is 0 Å². The van der Waals surface area contributed by atoms with Crippen molar-refractivity contribution >= 4 is 0 Å². The summed E-state index contributed by atoms with van der Waals surface area (Å²) in [4.78, 5) is 0. The lowest BCUT2D eigenvalue weighted by atomic mass is 9.98. The summed E-state index contributed by atoms with van der Waals surface area (Å²) < 4.78 is 5.85. The van der Waals surface area contributed by atoms with Crippen molar-refractivity contribution in [3.8, 4) is 11.8 Å². The van der Waals surface area contributed by atoms with E-state index in [0.717, 1.165) is 17.5 Å². The van der Waals surface area contributed by atoms with E-state index >= 15 is 0 Å². The van der Waals surface area contributed by atoms with Crippen LogP contribution in [0.25, 0.3) is 0 Å². The van der Waals surface area contributed by atoms with E-state index in [9.17, 15) is 5.26 Å². The maximum atomic E-state index is 9.42. The summed E-state index contributed by atoms with van der Waals surface area (Å²) in [5, 5.41) is 9.42. The van der Waals surface area contributed by atoms with Crippen LogP contribution in [0.1, 0.15) is 36.1 Å². The van der Waals surface area contributed by atoms with E-state index < -0.39 is 0 Å². The predicted molar refractivity (Wildman–Crippen MR) is 85.2 cm³/mol. The number of nitrogens with zero attached hydrogens (tertiary/aromatic N) is 1. The quantitative estimate of drug-likeness (QED) is 0.798. The Labute approximate surface area is 127 Å². The van der Waals surface area contributed by atoms with Gasteiger partial charge in [0, 0.05) is 0 Å². The Kier molecular flexibility index (Phi) is 5.00. The Morgan fingerprint density at radius 1 is 1.10 bits per heavy atom. The lowest BCUT2D eigenvalue weighted by molar-refractivity contribution is 0.305. The summed E-state index contributed by atoms with van der Waals surface area (Å²) in [6.45, 7) is 6.86. The SMILES string of the molecule is Cc1ccc(COc2cccc(CC(C)C)c2C#N)cc1. The average molecular weight is 279 g/mol. The fraction of sp³-hybridized carbons (Fsp3) is 0.316. The van der Waals surface area contributed by atoms with Crippen LogP contribution in [-0.4, -0.2) is 0 Å². The Balaban J connectivity index is 2.16. The second-order valence-corrected chi connectivity index (χ2v) is 5.77. The maximum absolute atomic E-state index is 9.42. The third-order valence-corrected chi connectivity index (χ3v) is 3.37. The summed E-state index contributed by atoms with van der Waals surface area (Å²) in [7, 11) is 0. The molecule has 0 atom stereocenters. The molecule has 0 bridgehead atoms. The first-order valence-electron chi connectivity index (χ1n) is 7.30. The van der Waals surface area contributed by atoms with Gasteiger partial charge in [0.15, 0.2) is 0 Å². The van der Waals surface area contributed by atoms with Crippen molar-refractivity contribution in [1.82, 2.24) is 0 Å². The van der Waals surface area contributed by atoms with Crippen molar-refractivity contribution in [2.24, 2.45) is 5.92 Å². The van der Waals surface area contributed by atoms with Gasteiger partial charge < -0.3 is 4.74 Å². The first-order chi connectivity index (χ1) is 10.1. The van der Waals surface area contributed by atoms with E-state index in [4.69, 9.17) is 4.74 Å². The maximum Gasteiger partial charge on any atom is 0.137 e. The zero-order valence-corrected chi connectivity index (χ0v) is 12.9. The number of benzene rings is 2. The van der Waals surface area contributed by atoms with Gasteiger partial charge >= 0.3 is 0 Å². The van der Waals surface area contributed by atoms with Gasteiger partial charge in [-0.05, 0) is 36.5 Å². The molecule has 0 aliphatic carbocycles. The predicted octanol–water partition coefficient (Wildman–Crippen LogP) is 4.64. The van der Waals surface area contributed by atoms with E-state index in [2.05, 4.69) is 51.1 Å². The molecule has 0 heterocycles. The number of rotatable bonds is 5. The fourth-order valence-corrected chi connectivity index (χ4v) is 2.28. The number of nitriles is 1. The second-order valence-electron chi connectivity index (χ2n) is 5.77. The molecule has 0 aliphatic rings. The van der Waals surface area contributed by atoms with Gasteiger partial charge in [-0.3, -0.25) is 0 Å². The van der Waals surface area contributed by atoms with Gasteiger partial charge in [-0.15, -0.1) is 0 Å². The molecule has 108 valence electrons. The van der Waals surface area contributed by atoms with Gasteiger partial charge in [0.1, 0.15) is 18.4 Å². The third-order valence-electron chi connectivity index (χ3n) is 3.37. The molecule has 0 amide bonds. The molecule has 0 aromatic heterocycles. The molecule has 2 nitrogen and oxygen atoms in total. The highest BCUT2D eigenvalue weighted by Crippen LogP contribution is 2.24. The zero-order valence-electron chi connectivity index (χ0n) is 12.9. The lowest BCUT2D eigenvalue weighted by Gasteiger charge is -2.12. The van der Waals surface area contributed by atoms with Crippen LogP contribution >= 0.6 is 0 Å². The van der Waals surface area contributed by atoms with Gasteiger partial charge in [0.05, 0.1) is 5.56 Å². The van der Waals surface area contributed by atoms with Crippen molar-refractivity contribution < 1.29 is 4.74 Å². The standard InChI is InChI=1S/C19H21NO/c1-14(2)11-17-5-4-6-19(18(17)12-20)21-13-16-9-7-15(3)8-10-16/h4-10,14H,11,13H2,1-3H3. The van der Waals surface area contributed by atoms with Gasteiger partial charge in [0.25, 0.3) is 0 Å². The minimum absolute atomic E-state index is 0.486. The van der Waals surface area contributed by atoms with Crippen molar-refractivity contribution in [1.29, 1.82) is 5.26 Å². The minimum Gasteiger partial charge on any atom is -0.488 e. The molecule has 0 saturated heterocycles. The first-order valence-corrected chi connectivity index (χ1v) is 7.30. The molecule has 0 radical (unpaired) electrons. The molecular formula is C19H21NO. The van der Waals surface area contributed by atoms with Gasteiger partial charge in [-0.1, -0.05) is 55.8 Å². The second kappa shape index (κ2) is 6.95. The number of hydrogen-bond acceptors (Lipinski definition) is 2. The summed E-state index contributed by atoms with van der Waals surface area (Å²) in [6.07, 6.45) is 0.893. The van der Waals surface area contributed by atoms with E-state index in [1.165, 1.54) is 5.56 Å². The molecule has 0 saturated carbocycles. The van der Waals surface area contributed by atoms with Gasteiger partial charge in [-0.2, -0.15) is 5.26 Å². The topological polar surface area (TPSA) is 33.0 Å². The average Bonchev–Trinajstić information content (AvgIpc) is 2.46. The molecule has 0 spiro atoms. The lowest BCUT2D eigenvalue weighted by Crippen LogP contribution is -2.02. The number of hydrogen-bond donors (Lipinski definition) is 0. The summed E-state index contributed by atoms with van der Waals surface area (Å²) >= 11 is 0. The Bertz CT molecular complexity index is 636. The normalized spacial score (nSPS) is 10.4. The minimum atomic E-state index is 0.486. The highest BCUT2D eigenvalue weighted by molar-refractivity contribution is 5.49. The smallest absolute Gasteiger partial charge is 0.137 e. The number of ether oxygens (including phenoxy) is 1. The highest BCUT2D eigenvalue weighted by Gasteiger charge is 2.10. The van der Waals surface area contributed by atoms with Crippen LogP contribution in [0.15, 0.2) is 42.5 Å². The fourth-order valence-electron chi connectivity index (χ4n) is 2.28. The molecule has 0 aliphatic heterocycles. The summed E-state index contributed by atoms with van der Waals surface area (Å²) in [5.74, 6) is 1.20. The monoisotopic (exact) mass is 279 g/mol. The third kappa shape index (κ3) is 4.10. The van der Waals surface area contributed by atoms with Crippen LogP contribution in [-0.2, 0) is 13.0 Å². The van der Waals surface area contributed by atoms with Crippen LogP contribution in [0, 0.1) is 24.2 Å². The van der Waals surface area contributed by atoms with Crippen molar-refractivity contribution in [3.05, 3.63) is 64.7 Å². The van der Waals surface area contributed by atoms with Gasteiger partial charge in [0.2, 0.25) is 0 Å².